The van der Waals surface area contributed by atoms with Gasteiger partial charge < -0.3 is 33.1 Å². The van der Waals surface area contributed by atoms with Crippen LogP contribution in [0.1, 0.15) is 57.6 Å². The van der Waals surface area contributed by atoms with Crippen molar-refractivity contribution in [3.8, 4) is 6.07 Å². The number of aromatic amines is 1. The van der Waals surface area contributed by atoms with Gasteiger partial charge in [0, 0.05) is 18.4 Å². The summed E-state index contributed by atoms with van der Waals surface area (Å²) in [6, 6.07) is 1.96. The van der Waals surface area contributed by atoms with Crippen molar-refractivity contribution in [2.75, 3.05) is 18.5 Å². The minimum Gasteiger partial charge on any atom is -0.388 e. The molecular formula is C27H33N10O8PS. The van der Waals surface area contributed by atoms with E-state index in [2.05, 4.69) is 35.2 Å². The monoisotopic (exact) mass is 688 g/mol. The third kappa shape index (κ3) is 6.96. The second-order valence-corrected chi connectivity index (χ2v) is 14.4. The number of nitrogens with one attached hydrogen (secondary N) is 2. The molecule has 1 saturated heterocycles. The van der Waals surface area contributed by atoms with Gasteiger partial charge in [-0.05, 0) is 24.6 Å². The normalized spacial score (nSPS) is 24.0. The van der Waals surface area contributed by atoms with E-state index in [4.69, 9.17) is 35.4 Å². The van der Waals surface area contributed by atoms with Crippen LogP contribution >= 0.6 is 6.72 Å². The molecule has 6 rings (SSSR count). The lowest BCUT2D eigenvalue weighted by molar-refractivity contribution is -0.118. The Morgan fingerprint density at radius 3 is 2.83 bits per heavy atom. The minimum absolute atomic E-state index is 0.00929. The van der Waals surface area contributed by atoms with Gasteiger partial charge in [-0.15, -0.1) is 0 Å². The van der Waals surface area contributed by atoms with E-state index in [1.807, 2.05) is 10.6 Å². The van der Waals surface area contributed by atoms with Crippen LogP contribution in [0.2, 0.25) is 0 Å². The van der Waals surface area contributed by atoms with Crippen LogP contribution in [0.5, 0.6) is 0 Å². The van der Waals surface area contributed by atoms with Crippen LogP contribution in [0.4, 0.5) is 5.95 Å². The van der Waals surface area contributed by atoms with E-state index in [1.54, 1.807) is 20.0 Å². The van der Waals surface area contributed by atoms with E-state index in [-0.39, 0.29) is 73.7 Å². The molecule has 0 radical (unpaired) electrons. The van der Waals surface area contributed by atoms with E-state index in [1.165, 1.54) is 17.2 Å². The Labute approximate surface area is 272 Å². The van der Waals surface area contributed by atoms with Crippen molar-refractivity contribution in [2.45, 2.75) is 76.7 Å². The van der Waals surface area contributed by atoms with E-state index in [0.717, 1.165) is 0 Å². The first-order chi connectivity index (χ1) is 22.6. The molecule has 18 nitrogen and oxygen atoms in total. The van der Waals surface area contributed by atoms with Gasteiger partial charge in [0.05, 0.1) is 50.4 Å². The van der Waals surface area contributed by atoms with Gasteiger partial charge in [0.15, 0.2) is 23.0 Å². The first kappa shape index (κ1) is 33.2. The summed E-state index contributed by atoms with van der Waals surface area (Å²) in [5.74, 6) is -0.257. The predicted octanol–water partition coefficient (Wildman–Crippen LogP) is 1.59. The first-order valence-corrected chi connectivity index (χ1v) is 17.5. The van der Waals surface area contributed by atoms with Gasteiger partial charge in [-0.1, -0.05) is 13.8 Å². The van der Waals surface area contributed by atoms with Crippen molar-refractivity contribution in [1.29, 1.82) is 5.26 Å². The molecule has 5 heterocycles. The number of carbonyl (C=O) groups excluding carboxylic acids is 1. The van der Waals surface area contributed by atoms with Crippen molar-refractivity contribution in [3.63, 3.8) is 0 Å². The first-order valence-electron chi connectivity index (χ1n) is 14.9. The number of aromatic nitrogens is 8. The number of aliphatic hydroxyl groups is 2. The molecule has 2 fully saturated rings. The number of amides is 1. The Bertz CT molecular complexity index is 1920. The largest absolute Gasteiger partial charge is 0.388 e. The molecule has 1 aliphatic heterocycles. The molecule has 0 aromatic carbocycles. The molecule has 1 amide bonds. The number of nitriles is 1. The lowest BCUT2D eigenvalue weighted by atomic mass is 9.89. The zero-order chi connectivity index (χ0) is 33.3. The third-order valence-electron chi connectivity index (χ3n) is 7.80. The van der Waals surface area contributed by atoms with Crippen molar-refractivity contribution in [2.24, 2.45) is 5.92 Å². The maximum absolute atomic E-state index is 12.6. The molecule has 4 atom stereocenters. The summed E-state index contributed by atoms with van der Waals surface area (Å²) in [5.41, 5.74) is 0.761. The molecule has 1 unspecified atom stereocenters. The molecule has 4 aromatic rings. The number of ether oxygens (including phenoxy) is 1. The Balaban J connectivity index is 1.11. The molecular weight excluding hydrogens is 655 g/mol. The lowest BCUT2D eigenvalue weighted by Crippen LogP contribution is -2.34. The number of imidazole rings is 2. The van der Waals surface area contributed by atoms with Crippen LogP contribution in [-0.4, -0.2) is 86.7 Å². The highest BCUT2D eigenvalue weighted by molar-refractivity contribution is 8.07. The zero-order valence-corrected chi connectivity index (χ0v) is 27.1. The van der Waals surface area contributed by atoms with Crippen molar-refractivity contribution in [1.82, 2.24) is 39.0 Å². The van der Waals surface area contributed by atoms with E-state index >= 15 is 0 Å². The second kappa shape index (κ2) is 13.8. The molecule has 2 aliphatic rings. The fraction of sp³-hybridized carbons (Fsp3) is 0.556. The maximum atomic E-state index is 12.6. The van der Waals surface area contributed by atoms with Crippen molar-refractivity contribution < 1.29 is 33.3 Å². The van der Waals surface area contributed by atoms with Crippen LogP contribution in [0.15, 0.2) is 23.6 Å². The number of rotatable bonds is 13. The number of nitrogens with zero attached hydrogens (tertiary/aromatic N) is 8. The molecule has 47 heavy (non-hydrogen) atoms. The van der Waals surface area contributed by atoms with Crippen molar-refractivity contribution >= 4 is 52.7 Å². The molecule has 250 valence electrons. The SMILES string of the molecule is CC(C)C(=O)Nc1nc2c(ncn2[C@@H]2O[C@H](COP(=S)(OCCC#N)O[C@H]3C[C@@H](n4c(CO)nc5cncnc54)C3)C[C@H]2O)c(=O)[nH]1. The Morgan fingerprint density at radius 1 is 1.28 bits per heavy atom. The molecule has 20 heteroatoms. The summed E-state index contributed by atoms with van der Waals surface area (Å²) in [6.45, 7) is -0.288. The van der Waals surface area contributed by atoms with E-state index in [0.29, 0.717) is 29.8 Å². The Hall–Kier alpha value is -3.73. The predicted molar refractivity (Wildman–Crippen MR) is 167 cm³/mol. The highest BCUT2D eigenvalue weighted by Crippen LogP contribution is 2.55. The van der Waals surface area contributed by atoms with Gasteiger partial charge in [0.25, 0.3) is 5.56 Å². The fourth-order valence-corrected chi connectivity index (χ4v) is 7.57. The molecule has 1 saturated carbocycles. The number of aliphatic hydroxyl groups excluding tert-OH is 2. The average Bonchev–Trinajstić information content (AvgIpc) is 3.72. The van der Waals surface area contributed by atoms with Gasteiger partial charge in [-0.25, -0.2) is 19.9 Å². The molecule has 0 spiro atoms. The third-order valence-corrected chi connectivity index (χ3v) is 10.2. The van der Waals surface area contributed by atoms with Crippen LogP contribution in [0.25, 0.3) is 22.3 Å². The summed E-state index contributed by atoms with van der Waals surface area (Å²) >= 11 is 5.71. The number of hydrogen-bond donors (Lipinski definition) is 4. The van der Waals surface area contributed by atoms with Crippen LogP contribution in [0, 0.1) is 17.2 Å². The quantitative estimate of drug-likeness (QED) is 0.115. The number of fused-ring (bicyclic) bond motifs is 2. The fourth-order valence-electron chi connectivity index (χ4n) is 5.40. The summed E-state index contributed by atoms with van der Waals surface area (Å²) < 4.78 is 27.4. The van der Waals surface area contributed by atoms with Crippen LogP contribution in [0.3, 0.4) is 0 Å². The number of anilines is 1. The standard InChI is InChI=1S/C27H33N10O8PS/c1-14(2)24(40)34-27-33-23-21(25(41)35-27)31-13-36(23)26-19(39)8-17(44-26)11-43-46(47,42-5-3-4-28)45-16-6-15(7-16)37-20(10-38)32-18-9-29-12-30-22(18)37/h9,12-17,19,26,38-39H,3,5-8,10-11H2,1-2H3,(H2,33,34,35,40,41)/t15-,16+,17-,19+,26+,46?/m0/s1. The molecule has 0 bridgehead atoms. The van der Waals surface area contributed by atoms with Crippen LogP contribution in [-0.2, 0) is 41.5 Å². The second-order valence-electron chi connectivity index (χ2n) is 11.5. The smallest absolute Gasteiger partial charge is 0.327 e. The van der Waals surface area contributed by atoms with Gasteiger partial charge in [-0.3, -0.25) is 24.5 Å². The minimum atomic E-state index is -3.36. The topological polar surface area (TPSA) is 237 Å². The lowest BCUT2D eigenvalue weighted by Gasteiger charge is -2.39. The molecule has 4 aromatic heterocycles. The molecule has 1 aliphatic carbocycles. The summed E-state index contributed by atoms with van der Waals surface area (Å²) in [6.07, 6.45) is 2.71. The van der Waals surface area contributed by atoms with Gasteiger partial charge in [-0.2, -0.15) is 10.2 Å². The van der Waals surface area contributed by atoms with Gasteiger partial charge >= 0.3 is 6.72 Å². The highest BCUT2D eigenvalue weighted by atomic mass is 32.5. The highest BCUT2D eigenvalue weighted by Gasteiger charge is 2.41. The van der Waals surface area contributed by atoms with E-state index < -0.39 is 30.7 Å². The number of carbonyl (C=O) groups is 1. The summed E-state index contributed by atoms with van der Waals surface area (Å²) in [7, 11) is 0. The Kier molecular flexibility index (Phi) is 9.73. The van der Waals surface area contributed by atoms with Gasteiger partial charge in [0.1, 0.15) is 30.4 Å². The average molecular weight is 689 g/mol. The number of H-pyrrole nitrogens is 1. The summed E-state index contributed by atoms with van der Waals surface area (Å²) in [4.78, 5) is 48.5. The van der Waals surface area contributed by atoms with Crippen molar-refractivity contribution in [3.05, 3.63) is 35.0 Å². The van der Waals surface area contributed by atoms with Gasteiger partial charge in [0.2, 0.25) is 11.9 Å². The zero-order valence-electron chi connectivity index (χ0n) is 25.4. The molecule has 4 N–H and O–H groups in total. The Morgan fingerprint density at radius 2 is 2.09 bits per heavy atom. The van der Waals surface area contributed by atoms with E-state index in [9.17, 15) is 19.8 Å². The van der Waals surface area contributed by atoms with Crippen LogP contribution < -0.4 is 10.9 Å². The maximum Gasteiger partial charge on any atom is 0.327 e. The number of hydrogen-bond acceptors (Lipinski definition) is 15. The summed E-state index contributed by atoms with van der Waals surface area (Å²) in [5, 5.41) is 32.4.